The molecule has 7 heteroatoms. The zero-order valence-corrected chi connectivity index (χ0v) is 14.6. The molecule has 1 N–H and O–H groups in total. The predicted octanol–water partition coefficient (Wildman–Crippen LogP) is 2.05. The number of aliphatic imine (C=N–C) groups is 1. The lowest BCUT2D eigenvalue weighted by Gasteiger charge is -2.34. The molecule has 1 aliphatic heterocycles. The SMILES string of the molecule is CCOC(=O)C1CCCN(C(=NC)NCc2cc(C#N)ccc2F)C1. The highest BCUT2D eigenvalue weighted by molar-refractivity contribution is 5.81. The number of likely N-dealkylation sites (tertiary alicyclic amines) is 1. The largest absolute Gasteiger partial charge is 0.466 e. The van der Waals surface area contributed by atoms with E-state index in [1.807, 2.05) is 11.0 Å². The normalized spacial score (nSPS) is 17.8. The number of nitrogens with one attached hydrogen (secondary N) is 1. The van der Waals surface area contributed by atoms with Crippen molar-refractivity contribution < 1.29 is 13.9 Å². The number of ether oxygens (including phenoxy) is 1. The quantitative estimate of drug-likeness (QED) is 0.513. The summed E-state index contributed by atoms with van der Waals surface area (Å²) in [7, 11) is 1.65. The van der Waals surface area contributed by atoms with Gasteiger partial charge in [-0.05, 0) is 38.0 Å². The van der Waals surface area contributed by atoms with Crippen LogP contribution in [0.4, 0.5) is 4.39 Å². The Kier molecular flexibility index (Phi) is 6.75. The van der Waals surface area contributed by atoms with Crippen LogP contribution in [0.3, 0.4) is 0 Å². The van der Waals surface area contributed by atoms with Gasteiger partial charge in [-0.15, -0.1) is 0 Å². The number of nitriles is 1. The molecule has 0 amide bonds. The van der Waals surface area contributed by atoms with Crippen molar-refractivity contribution in [1.82, 2.24) is 10.2 Å². The van der Waals surface area contributed by atoms with Gasteiger partial charge in [0.2, 0.25) is 0 Å². The summed E-state index contributed by atoms with van der Waals surface area (Å²) in [6.45, 7) is 3.68. The molecule has 6 nitrogen and oxygen atoms in total. The Morgan fingerprint density at radius 2 is 2.36 bits per heavy atom. The molecule has 1 fully saturated rings. The van der Waals surface area contributed by atoms with E-state index in [4.69, 9.17) is 10.00 Å². The number of guanidine groups is 1. The molecule has 1 aliphatic rings. The molecule has 0 aromatic heterocycles. The van der Waals surface area contributed by atoms with E-state index in [9.17, 15) is 9.18 Å². The van der Waals surface area contributed by atoms with Gasteiger partial charge < -0.3 is 15.0 Å². The van der Waals surface area contributed by atoms with Gasteiger partial charge in [-0.2, -0.15) is 5.26 Å². The van der Waals surface area contributed by atoms with Crippen molar-refractivity contribution in [2.45, 2.75) is 26.3 Å². The second-order valence-electron chi connectivity index (χ2n) is 5.86. The summed E-state index contributed by atoms with van der Waals surface area (Å²) in [5, 5.41) is 12.1. The lowest BCUT2D eigenvalue weighted by Crippen LogP contribution is -2.48. The van der Waals surface area contributed by atoms with Gasteiger partial charge in [-0.3, -0.25) is 9.79 Å². The van der Waals surface area contributed by atoms with Gasteiger partial charge in [-0.25, -0.2) is 4.39 Å². The number of hydrogen-bond acceptors (Lipinski definition) is 4. The second-order valence-corrected chi connectivity index (χ2v) is 5.86. The molecule has 0 radical (unpaired) electrons. The topological polar surface area (TPSA) is 77.7 Å². The van der Waals surface area contributed by atoms with Crippen molar-refractivity contribution in [3.63, 3.8) is 0 Å². The van der Waals surface area contributed by atoms with Crippen molar-refractivity contribution in [3.8, 4) is 6.07 Å². The molecule has 1 heterocycles. The van der Waals surface area contributed by atoms with E-state index in [-0.39, 0.29) is 24.2 Å². The number of piperidine rings is 1. The van der Waals surface area contributed by atoms with E-state index in [1.165, 1.54) is 18.2 Å². The molecule has 2 rings (SSSR count). The van der Waals surface area contributed by atoms with E-state index in [0.717, 1.165) is 19.4 Å². The smallest absolute Gasteiger partial charge is 0.310 e. The first kappa shape index (κ1) is 18.7. The second kappa shape index (κ2) is 9.02. The Bertz CT molecular complexity index is 684. The number of halogens is 1. The molecule has 25 heavy (non-hydrogen) atoms. The summed E-state index contributed by atoms with van der Waals surface area (Å²) in [6.07, 6.45) is 1.66. The van der Waals surface area contributed by atoms with Crippen molar-refractivity contribution in [3.05, 3.63) is 35.1 Å². The summed E-state index contributed by atoms with van der Waals surface area (Å²) >= 11 is 0. The zero-order valence-electron chi connectivity index (χ0n) is 14.6. The minimum Gasteiger partial charge on any atom is -0.466 e. The number of rotatable bonds is 4. The van der Waals surface area contributed by atoms with Crippen molar-refractivity contribution in [1.29, 1.82) is 5.26 Å². The number of carbonyl (C=O) groups is 1. The number of benzene rings is 1. The Labute approximate surface area is 147 Å². The molecule has 0 saturated carbocycles. The van der Waals surface area contributed by atoms with Gasteiger partial charge in [0.15, 0.2) is 5.96 Å². The van der Waals surface area contributed by atoms with Crippen LogP contribution in [-0.2, 0) is 16.1 Å². The van der Waals surface area contributed by atoms with Crippen molar-refractivity contribution in [2.75, 3.05) is 26.7 Å². The predicted molar refractivity (Wildman–Crippen MR) is 92.2 cm³/mol. The number of hydrogen-bond donors (Lipinski definition) is 1. The first-order valence-corrected chi connectivity index (χ1v) is 8.39. The summed E-state index contributed by atoms with van der Waals surface area (Å²) in [5.41, 5.74) is 0.813. The maximum Gasteiger partial charge on any atom is 0.310 e. The fraction of sp³-hybridized carbons (Fsp3) is 0.500. The minimum absolute atomic E-state index is 0.175. The maximum absolute atomic E-state index is 13.9. The molecular formula is C18H23FN4O2. The average Bonchev–Trinajstić information content (AvgIpc) is 2.64. The molecule has 1 aromatic carbocycles. The van der Waals surface area contributed by atoms with Gasteiger partial charge in [0.25, 0.3) is 0 Å². The molecule has 0 aliphatic carbocycles. The van der Waals surface area contributed by atoms with Crippen molar-refractivity contribution in [2.24, 2.45) is 10.9 Å². The van der Waals surface area contributed by atoms with Gasteiger partial charge in [0.05, 0.1) is 24.2 Å². The van der Waals surface area contributed by atoms with Gasteiger partial charge >= 0.3 is 5.97 Å². The van der Waals surface area contributed by atoms with Crippen molar-refractivity contribution >= 4 is 11.9 Å². The Morgan fingerprint density at radius 1 is 1.56 bits per heavy atom. The highest BCUT2D eigenvalue weighted by atomic mass is 19.1. The van der Waals surface area contributed by atoms with Gasteiger partial charge in [0, 0.05) is 32.2 Å². The van der Waals surface area contributed by atoms with Crippen LogP contribution in [-0.4, -0.2) is 43.6 Å². The van der Waals surface area contributed by atoms with Crippen LogP contribution in [0.25, 0.3) is 0 Å². The number of nitrogens with zero attached hydrogens (tertiary/aromatic N) is 3. The van der Waals surface area contributed by atoms with Gasteiger partial charge in [0.1, 0.15) is 5.82 Å². The van der Waals surface area contributed by atoms with E-state index < -0.39 is 0 Å². The van der Waals surface area contributed by atoms with Crippen LogP contribution in [0.5, 0.6) is 0 Å². The molecular weight excluding hydrogens is 323 g/mol. The fourth-order valence-corrected chi connectivity index (χ4v) is 2.91. The third kappa shape index (κ3) is 4.92. The Balaban J connectivity index is 2.01. The highest BCUT2D eigenvalue weighted by Gasteiger charge is 2.28. The summed E-state index contributed by atoms with van der Waals surface area (Å²) in [4.78, 5) is 18.2. The lowest BCUT2D eigenvalue weighted by atomic mass is 9.98. The van der Waals surface area contributed by atoms with Gasteiger partial charge in [-0.1, -0.05) is 0 Å². The maximum atomic E-state index is 13.9. The first-order chi connectivity index (χ1) is 12.1. The first-order valence-electron chi connectivity index (χ1n) is 8.39. The van der Waals surface area contributed by atoms with Crippen LogP contribution in [0.2, 0.25) is 0 Å². The third-order valence-electron chi connectivity index (χ3n) is 4.16. The van der Waals surface area contributed by atoms with E-state index >= 15 is 0 Å². The lowest BCUT2D eigenvalue weighted by molar-refractivity contribution is -0.149. The van der Waals surface area contributed by atoms with E-state index in [1.54, 1.807) is 14.0 Å². The minimum atomic E-state index is -0.370. The summed E-state index contributed by atoms with van der Waals surface area (Å²) < 4.78 is 19.0. The number of carbonyl (C=O) groups excluding carboxylic acids is 1. The van der Waals surface area contributed by atoms with E-state index in [0.29, 0.717) is 30.2 Å². The molecule has 1 atom stereocenters. The van der Waals surface area contributed by atoms with Crippen LogP contribution in [0, 0.1) is 23.1 Å². The zero-order chi connectivity index (χ0) is 18.2. The number of esters is 1. The van der Waals surface area contributed by atoms with Crippen LogP contribution in [0.1, 0.15) is 30.9 Å². The van der Waals surface area contributed by atoms with Crippen LogP contribution in [0.15, 0.2) is 23.2 Å². The average molecular weight is 346 g/mol. The third-order valence-corrected chi connectivity index (χ3v) is 4.16. The standard InChI is InChI=1S/C18H23FN4O2/c1-3-25-17(24)14-5-4-8-23(12-14)18(21-2)22-11-15-9-13(10-20)6-7-16(15)19/h6-7,9,14H,3-5,8,11-12H2,1-2H3,(H,21,22). The molecule has 0 spiro atoms. The fourth-order valence-electron chi connectivity index (χ4n) is 2.91. The molecule has 134 valence electrons. The van der Waals surface area contributed by atoms with Crippen LogP contribution >= 0.6 is 0 Å². The Hall–Kier alpha value is -2.62. The summed E-state index contributed by atoms with van der Waals surface area (Å²) in [6, 6.07) is 6.26. The Morgan fingerprint density at radius 3 is 3.04 bits per heavy atom. The molecule has 1 aromatic rings. The molecule has 0 bridgehead atoms. The van der Waals surface area contributed by atoms with E-state index in [2.05, 4.69) is 10.3 Å². The summed E-state index contributed by atoms with van der Waals surface area (Å²) in [5.74, 6) is -0.123. The van der Waals surface area contributed by atoms with Crippen LogP contribution < -0.4 is 5.32 Å². The monoisotopic (exact) mass is 346 g/mol. The molecule has 1 saturated heterocycles. The molecule has 1 unspecified atom stereocenters. The highest BCUT2D eigenvalue weighted by Crippen LogP contribution is 2.18.